The number of nitro groups is 1. The second-order valence-electron chi connectivity index (χ2n) is 6.04. The van der Waals surface area contributed by atoms with Crippen LogP contribution in [0.1, 0.15) is 17.2 Å². The van der Waals surface area contributed by atoms with Crippen LogP contribution in [0, 0.1) is 44.5 Å². The van der Waals surface area contributed by atoms with Crippen LogP contribution in [0.5, 0.6) is 0 Å². The molecule has 0 saturated carbocycles. The SMILES string of the molecule is N#CC(C#N)C(Cc1ccc2cc(F)ccc2n1)c1cccc([N+](=O)[O-])c1. The third-order valence-electron chi connectivity index (χ3n) is 4.33. The highest BCUT2D eigenvalue weighted by molar-refractivity contribution is 5.78. The fourth-order valence-electron chi connectivity index (χ4n) is 2.98. The zero-order valence-electron chi connectivity index (χ0n) is 14.0. The topological polar surface area (TPSA) is 104 Å². The van der Waals surface area contributed by atoms with E-state index in [2.05, 4.69) is 4.98 Å². The predicted molar refractivity (Wildman–Crippen MR) is 96.0 cm³/mol. The van der Waals surface area contributed by atoms with Gasteiger partial charge in [0, 0.05) is 29.1 Å². The molecule has 0 fully saturated rings. The van der Waals surface area contributed by atoms with Crippen molar-refractivity contribution in [1.82, 2.24) is 4.98 Å². The summed E-state index contributed by atoms with van der Waals surface area (Å²) < 4.78 is 13.3. The molecular weight excluding hydrogens is 347 g/mol. The van der Waals surface area contributed by atoms with Gasteiger partial charge in [-0.25, -0.2) is 4.39 Å². The molecule has 0 bridgehead atoms. The van der Waals surface area contributed by atoms with Crippen LogP contribution in [0.2, 0.25) is 0 Å². The van der Waals surface area contributed by atoms with E-state index < -0.39 is 16.8 Å². The number of aromatic nitrogens is 1. The summed E-state index contributed by atoms with van der Waals surface area (Å²) in [6.07, 6.45) is 0.250. The van der Waals surface area contributed by atoms with Gasteiger partial charge >= 0.3 is 0 Å². The summed E-state index contributed by atoms with van der Waals surface area (Å²) >= 11 is 0. The minimum Gasteiger partial charge on any atom is -0.258 e. The van der Waals surface area contributed by atoms with Crippen molar-refractivity contribution in [2.45, 2.75) is 12.3 Å². The Labute approximate surface area is 154 Å². The van der Waals surface area contributed by atoms with Crippen molar-refractivity contribution >= 4 is 16.6 Å². The normalized spacial score (nSPS) is 11.7. The molecule has 6 nitrogen and oxygen atoms in total. The first kappa shape index (κ1) is 18.0. The van der Waals surface area contributed by atoms with Gasteiger partial charge in [-0.3, -0.25) is 15.1 Å². The lowest BCUT2D eigenvalue weighted by Crippen LogP contribution is -2.14. The lowest BCUT2D eigenvalue weighted by Gasteiger charge is -2.18. The van der Waals surface area contributed by atoms with Gasteiger partial charge in [0.05, 0.1) is 22.6 Å². The molecule has 27 heavy (non-hydrogen) atoms. The lowest BCUT2D eigenvalue weighted by atomic mass is 9.84. The van der Waals surface area contributed by atoms with Gasteiger partial charge in [-0.2, -0.15) is 10.5 Å². The number of nitro benzene ring substituents is 1. The van der Waals surface area contributed by atoms with Gasteiger partial charge in [-0.15, -0.1) is 0 Å². The standard InChI is InChI=1S/C20H13FN4O2/c21-16-5-7-20-14(8-16)4-6-17(24-20)10-19(15(11-22)12-23)13-2-1-3-18(9-13)25(26)27/h1-9,15,19H,10H2. The molecule has 1 aromatic heterocycles. The number of pyridine rings is 1. The van der Waals surface area contributed by atoms with Crippen LogP contribution in [0.3, 0.4) is 0 Å². The summed E-state index contributed by atoms with van der Waals surface area (Å²) in [4.78, 5) is 15.0. The largest absolute Gasteiger partial charge is 0.269 e. The summed E-state index contributed by atoms with van der Waals surface area (Å²) in [7, 11) is 0. The van der Waals surface area contributed by atoms with Crippen molar-refractivity contribution < 1.29 is 9.31 Å². The first-order valence-corrected chi connectivity index (χ1v) is 8.10. The summed E-state index contributed by atoms with van der Waals surface area (Å²) in [5.41, 5.74) is 1.63. The third kappa shape index (κ3) is 3.88. The van der Waals surface area contributed by atoms with E-state index in [4.69, 9.17) is 0 Å². The van der Waals surface area contributed by atoms with E-state index in [1.807, 2.05) is 12.1 Å². The zero-order chi connectivity index (χ0) is 19.4. The van der Waals surface area contributed by atoms with Gasteiger partial charge < -0.3 is 0 Å². The van der Waals surface area contributed by atoms with E-state index in [-0.39, 0.29) is 17.9 Å². The van der Waals surface area contributed by atoms with Crippen LogP contribution in [0.15, 0.2) is 54.6 Å². The van der Waals surface area contributed by atoms with Crippen molar-refractivity contribution in [2.75, 3.05) is 0 Å². The number of nitriles is 2. The molecule has 1 unspecified atom stereocenters. The van der Waals surface area contributed by atoms with Crippen molar-refractivity contribution in [3.05, 3.63) is 81.8 Å². The Morgan fingerprint density at radius 2 is 1.89 bits per heavy atom. The van der Waals surface area contributed by atoms with Crippen LogP contribution >= 0.6 is 0 Å². The molecule has 7 heteroatoms. The number of hydrogen-bond donors (Lipinski definition) is 0. The minimum atomic E-state index is -0.988. The third-order valence-corrected chi connectivity index (χ3v) is 4.33. The molecular formula is C20H13FN4O2. The smallest absolute Gasteiger partial charge is 0.258 e. The highest BCUT2D eigenvalue weighted by atomic mass is 19.1. The van der Waals surface area contributed by atoms with Gasteiger partial charge in [0.1, 0.15) is 11.7 Å². The molecule has 0 amide bonds. The average molecular weight is 360 g/mol. The van der Waals surface area contributed by atoms with Gasteiger partial charge in [-0.05, 0) is 36.2 Å². The summed E-state index contributed by atoms with van der Waals surface area (Å²) in [5.74, 6) is -1.93. The molecule has 0 aliphatic heterocycles. The Kier molecular flexibility index (Phi) is 5.05. The van der Waals surface area contributed by atoms with Gasteiger partial charge in [0.25, 0.3) is 5.69 Å². The Hall–Kier alpha value is -3.84. The van der Waals surface area contributed by atoms with Gasteiger partial charge in [0.15, 0.2) is 0 Å². The molecule has 0 N–H and O–H groups in total. The zero-order valence-corrected chi connectivity index (χ0v) is 14.0. The number of halogens is 1. The van der Waals surface area contributed by atoms with Crippen LogP contribution < -0.4 is 0 Å². The van der Waals surface area contributed by atoms with E-state index in [1.165, 1.54) is 30.3 Å². The molecule has 0 saturated heterocycles. The number of hydrogen-bond acceptors (Lipinski definition) is 5. The number of non-ortho nitro benzene ring substituents is 1. The fraction of sp³-hybridized carbons (Fsp3) is 0.150. The average Bonchev–Trinajstić information content (AvgIpc) is 2.68. The second kappa shape index (κ2) is 7.59. The summed E-state index contributed by atoms with van der Waals surface area (Å²) in [5, 5.41) is 30.4. The highest BCUT2D eigenvalue weighted by Crippen LogP contribution is 2.30. The van der Waals surface area contributed by atoms with E-state index >= 15 is 0 Å². The van der Waals surface area contributed by atoms with Crippen LogP contribution in [0.25, 0.3) is 10.9 Å². The Balaban J connectivity index is 2.01. The van der Waals surface area contributed by atoms with Crippen LogP contribution in [-0.4, -0.2) is 9.91 Å². The lowest BCUT2D eigenvalue weighted by molar-refractivity contribution is -0.384. The first-order chi connectivity index (χ1) is 13.0. The number of benzene rings is 2. The van der Waals surface area contributed by atoms with Crippen molar-refractivity contribution in [1.29, 1.82) is 10.5 Å². The number of fused-ring (bicyclic) bond motifs is 1. The molecule has 2 aromatic carbocycles. The maximum Gasteiger partial charge on any atom is 0.269 e. The predicted octanol–water partition coefficient (Wildman–Crippen LogP) is 4.27. The van der Waals surface area contributed by atoms with E-state index in [9.17, 15) is 25.0 Å². The Bertz CT molecular complexity index is 1090. The summed E-state index contributed by atoms with van der Waals surface area (Å²) in [6.45, 7) is 0. The quantitative estimate of drug-likeness (QED) is 0.499. The van der Waals surface area contributed by atoms with Crippen molar-refractivity contribution in [2.24, 2.45) is 5.92 Å². The van der Waals surface area contributed by atoms with Crippen LogP contribution in [0.4, 0.5) is 10.1 Å². The van der Waals surface area contributed by atoms with E-state index in [0.29, 0.717) is 22.2 Å². The molecule has 3 aromatic rings. The number of nitrogens with zero attached hydrogens (tertiary/aromatic N) is 4. The Morgan fingerprint density at radius 1 is 1.11 bits per heavy atom. The second-order valence-corrected chi connectivity index (χ2v) is 6.04. The fourth-order valence-corrected chi connectivity index (χ4v) is 2.98. The molecule has 3 rings (SSSR count). The van der Waals surface area contributed by atoms with E-state index in [1.54, 1.807) is 24.3 Å². The maximum atomic E-state index is 13.3. The molecule has 0 aliphatic carbocycles. The molecule has 0 aliphatic rings. The Morgan fingerprint density at radius 3 is 2.59 bits per heavy atom. The molecule has 0 spiro atoms. The summed E-state index contributed by atoms with van der Waals surface area (Å²) in [6, 6.07) is 17.5. The van der Waals surface area contributed by atoms with E-state index in [0.717, 1.165) is 0 Å². The molecule has 1 heterocycles. The first-order valence-electron chi connectivity index (χ1n) is 8.10. The molecule has 0 radical (unpaired) electrons. The van der Waals surface area contributed by atoms with Gasteiger partial charge in [-0.1, -0.05) is 18.2 Å². The van der Waals surface area contributed by atoms with Crippen molar-refractivity contribution in [3.63, 3.8) is 0 Å². The minimum absolute atomic E-state index is 0.103. The van der Waals surface area contributed by atoms with Gasteiger partial charge in [0.2, 0.25) is 0 Å². The maximum absolute atomic E-state index is 13.3. The highest BCUT2D eigenvalue weighted by Gasteiger charge is 2.25. The molecule has 132 valence electrons. The number of rotatable bonds is 5. The van der Waals surface area contributed by atoms with Crippen LogP contribution in [-0.2, 0) is 6.42 Å². The van der Waals surface area contributed by atoms with Crippen molar-refractivity contribution in [3.8, 4) is 12.1 Å². The monoisotopic (exact) mass is 360 g/mol. The molecule has 1 atom stereocenters.